The minimum absolute atomic E-state index is 0. The Kier molecular flexibility index (Phi) is 6.17. The molecule has 1 atom stereocenters. The van der Waals surface area contributed by atoms with Crippen molar-refractivity contribution in [3.63, 3.8) is 0 Å². The summed E-state index contributed by atoms with van der Waals surface area (Å²) in [6.07, 6.45) is 3.38. The predicted molar refractivity (Wildman–Crippen MR) is 128 cm³/mol. The molecule has 0 saturated carbocycles. The number of pyridine rings is 1. The van der Waals surface area contributed by atoms with Crippen LogP contribution in [0.2, 0.25) is 0 Å². The number of anilines is 1. The van der Waals surface area contributed by atoms with E-state index in [1.165, 1.54) is 0 Å². The number of halogens is 1. The Labute approximate surface area is 196 Å². The highest BCUT2D eigenvalue weighted by molar-refractivity contribution is 6.04. The average molecular weight is 466 g/mol. The molecule has 10 heteroatoms. The average Bonchev–Trinajstić information content (AvgIpc) is 3.41. The normalized spacial score (nSPS) is 15.0. The van der Waals surface area contributed by atoms with Crippen LogP contribution < -0.4 is 16.4 Å². The smallest absolute Gasteiger partial charge is 0.274 e. The first-order valence-electron chi connectivity index (χ1n) is 10.4. The molecule has 0 bridgehead atoms. The maximum absolute atomic E-state index is 12.8. The van der Waals surface area contributed by atoms with Crippen molar-refractivity contribution in [1.82, 2.24) is 24.6 Å². The Balaban J connectivity index is 0.00000259. The topological polar surface area (TPSA) is 120 Å². The second-order valence-corrected chi connectivity index (χ2v) is 7.97. The van der Waals surface area contributed by atoms with Gasteiger partial charge >= 0.3 is 0 Å². The van der Waals surface area contributed by atoms with Gasteiger partial charge in [-0.3, -0.25) is 14.3 Å². The Hall–Kier alpha value is -3.69. The zero-order valence-corrected chi connectivity index (χ0v) is 18.8. The second-order valence-electron chi connectivity index (χ2n) is 7.97. The van der Waals surface area contributed by atoms with Crippen LogP contribution in [-0.4, -0.2) is 37.7 Å². The standard InChI is InChI=1S/C23H23N7O2.ClH/c1-14-10-25-23(32)20-8-17-6-7-19(28-21(17)30(14)20)22(31)27-18-11-26-29(13-18)12-16-4-2-15(9-24)3-5-16;/h2-8,11,13-14H,9-10,12,24H2,1H3,(H,25,32)(H,27,31);1H/t14-;/m1./s1. The Bertz CT molecular complexity index is 1330. The SMILES string of the molecule is C[C@@H]1CNC(=O)c2cc3ccc(C(=O)Nc4cnn(Cc5ccc(CN)cc5)c4)nc3n21.Cl. The summed E-state index contributed by atoms with van der Waals surface area (Å²) in [4.78, 5) is 29.5. The first-order chi connectivity index (χ1) is 15.5. The highest BCUT2D eigenvalue weighted by Gasteiger charge is 2.25. The molecule has 9 nitrogen and oxygen atoms in total. The number of carbonyl (C=O) groups excluding carboxylic acids is 2. The monoisotopic (exact) mass is 465 g/mol. The van der Waals surface area contributed by atoms with E-state index in [2.05, 4.69) is 20.7 Å². The fourth-order valence-electron chi connectivity index (χ4n) is 3.94. The molecule has 2 amide bonds. The summed E-state index contributed by atoms with van der Waals surface area (Å²) in [5.41, 5.74) is 9.86. The van der Waals surface area contributed by atoms with Gasteiger partial charge < -0.3 is 20.9 Å². The van der Waals surface area contributed by atoms with E-state index in [4.69, 9.17) is 5.73 Å². The van der Waals surface area contributed by atoms with Crippen molar-refractivity contribution in [3.8, 4) is 0 Å². The molecule has 3 aromatic heterocycles. The quantitative estimate of drug-likeness (QED) is 0.418. The van der Waals surface area contributed by atoms with Crippen molar-refractivity contribution in [3.05, 3.63) is 77.4 Å². The molecule has 0 fully saturated rings. The van der Waals surface area contributed by atoms with Crippen molar-refractivity contribution in [2.45, 2.75) is 26.1 Å². The van der Waals surface area contributed by atoms with E-state index in [1.54, 1.807) is 29.2 Å². The lowest BCUT2D eigenvalue weighted by molar-refractivity contribution is 0.0918. The number of benzene rings is 1. The molecule has 1 aromatic carbocycles. The fraction of sp³-hybridized carbons (Fsp3) is 0.217. The van der Waals surface area contributed by atoms with Gasteiger partial charge in [0, 0.05) is 24.7 Å². The van der Waals surface area contributed by atoms with Crippen molar-refractivity contribution in [1.29, 1.82) is 0 Å². The number of nitrogens with two attached hydrogens (primary N) is 1. The number of nitrogens with zero attached hydrogens (tertiary/aromatic N) is 4. The molecule has 0 unspecified atom stereocenters. The van der Waals surface area contributed by atoms with Crippen LogP contribution in [-0.2, 0) is 13.1 Å². The molecule has 0 spiro atoms. The van der Waals surface area contributed by atoms with Gasteiger partial charge in [-0.25, -0.2) is 4.98 Å². The fourth-order valence-corrected chi connectivity index (χ4v) is 3.94. The molecule has 4 aromatic rings. The number of carbonyl (C=O) groups is 2. The first-order valence-corrected chi connectivity index (χ1v) is 10.4. The molecular weight excluding hydrogens is 442 g/mol. The maximum Gasteiger partial charge on any atom is 0.274 e. The molecule has 1 aliphatic heterocycles. The van der Waals surface area contributed by atoms with Gasteiger partial charge in [0.1, 0.15) is 17.0 Å². The molecule has 0 radical (unpaired) electrons. The van der Waals surface area contributed by atoms with Crippen molar-refractivity contribution < 1.29 is 9.59 Å². The van der Waals surface area contributed by atoms with Gasteiger partial charge in [-0.05, 0) is 36.2 Å². The molecule has 5 rings (SSSR count). The van der Waals surface area contributed by atoms with Crippen LogP contribution in [0.25, 0.3) is 11.0 Å². The van der Waals surface area contributed by atoms with E-state index < -0.39 is 0 Å². The summed E-state index contributed by atoms with van der Waals surface area (Å²) < 4.78 is 3.65. The largest absolute Gasteiger partial charge is 0.349 e. The van der Waals surface area contributed by atoms with E-state index in [0.717, 1.165) is 16.5 Å². The van der Waals surface area contributed by atoms with Gasteiger partial charge in [-0.15, -0.1) is 12.4 Å². The number of hydrogen-bond donors (Lipinski definition) is 3. The van der Waals surface area contributed by atoms with Gasteiger partial charge in [-0.1, -0.05) is 24.3 Å². The van der Waals surface area contributed by atoms with Crippen LogP contribution in [0.3, 0.4) is 0 Å². The Morgan fingerprint density at radius 1 is 1.21 bits per heavy atom. The second kappa shape index (κ2) is 9.05. The predicted octanol–water partition coefficient (Wildman–Crippen LogP) is 2.72. The van der Waals surface area contributed by atoms with Gasteiger partial charge in [-0.2, -0.15) is 5.10 Å². The molecule has 33 heavy (non-hydrogen) atoms. The number of hydrogen-bond acceptors (Lipinski definition) is 5. The Morgan fingerprint density at radius 3 is 2.73 bits per heavy atom. The van der Waals surface area contributed by atoms with Crippen LogP contribution in [0.15, 0.2) is 54.9 Å². The van der Waals surface area contributed by atoms with Crippen molar-refractivity contribution >= 4 is 40.9 Å². The molecule has 170 valence electrons. The first kappa shape index (κ1) is 22.5. The summed E-state index contributed by atoms with van der Waals surface area (Å²) in [6.45, 7) is 3.63. The number of amides is 2. The molecule has 0 saturated heterocycles. The number of fused-ring (bicyclic) bond motifs is 3. The zero-order chi connectivity index (χ0) is 22.2. The van der Waals surface area contributed by atoms with E-state index in [0.29, 0.717) is 36.7 Å². The van der Waals surface area contributed by atoms with Crippen LogP contribution >= 0.6 is 12.4 Å². The summed E-state index contributed by atoms with van der Waals surface area (Å²) in [6, 6.07) is 13.4. The number of aromatic nitrogens is 4. The summed E-state index contributed by atoms with van der Waals surface area (Å²) in [5.74, 6) is -0.459. The van der Waals surface area contributed by atoms with Gasteiger partial charge in [0.2, 0.25) is 0 Å². The minimum Gasteiger partial charge on any atom is -0.349 e. The van der Waals surface area contributed by atoms with Crippen LogP contribution in [0.5, 0.6) is 0 Å². The third kappa shape index (κ3) is 4.33. The molecule has 4 heterocycles. The lowest BCUT2D eigenvalue weighted by Gasteiger charge is -2.23. The lowest BCUT2D eigenvalue weighted by atomic mass is 10.1. The lowest BCUT2D eigenvalue weighted by Crippen LogP contribution is -2.37. The van der Waals surface area contributed by atoms with Crippen LogP contribution in [0.1, 0.15) is 45.1 Å². The summed E-state index contributed by atoms with van der Waals surface area (Å²) in [7, 11) is 0. The zero-order valence-electron chi connectivity index (χ0n) is 18.0. The van der Waals surface area contributed by atoms with E-state index >= 15 is 0 Å². The molecule has 0 aliphatic carbocycles. The Morgan fingerprint density at radius 2 is 1.97 bits per heavy atom. The highest BCUT2D eigenvalue weighted by atomic mass is 35.5. The van der Waals surface area contributed by atoms with Crippen LogP contribution in [0.4, 0.5) is 5.69 Å². The van der Waals surface area contributed by atoms with Crippen LogP contribution in [0, 0.1) is 0 Å². The maximum atomic E-state index is 12.8. The van der Waals surface area contributed by atoms with Gasteiger partial charge in [0.25, 0.3) is 11.8 Å². The van der Waals surface area contributed by atoms with Crippen molar-refractivity contribution in [2.24, 2.45) is 5.73 Å². The third-order valence-electron chi connectivity index (χ3n) is 5.64. The molecule has 1 aliphatic rings. The van der Waals surface area contributed by atoms with E-state index in [9.17, 15) is 9.59 Å². The third-order valence-corrected chi connectivity index (χ3v) is 5.64. The van der Waals surface area contributed by atoms with Gasteiger partial charge in [0.05, 0.1) is 24.5 Å². The van der Waals surface area contributed by atoms with Crippen molar-refractivity contribution in [2.75, 3.05) is 11.9 Å². The number of rotatable bonds is 5. The van der Waals surface area contributed by atoms with Gasteiger partial charge in [0.15, 0.2) is 0 Å². The summed E-state index contributed by atoms with van der Waals surface area (Å²) in [5, 5.41) is 10.9. The summed E-state index contributed by atoms with van der Waals surface area (Å²) >= 11 is 0. The molecule has 4 N–H and O–H groups in total. The highest BCUT2D eigenvalue weighted by Crippen LogP contribution is 2.25. The molecular formula is C23H24ClN7O2. The minimum atomic E-state index is -0.331. The van der Waals surface area contributed by atoms with E-state index in [-0.39, 0.29) is 36.0 Å². The van der Waals surface area contributed by atoms with E-state index in [1.807, 2.05) is 41.8 Å². The number of nitrogens with one attached hydrogen (secondary N) is 2.